The lowest BCUT2D eigenvalue weighted by atomic mass is 9.85. The van der Waals surface area contributed by atoms with E-state index in [1.54, 1.807) is 0 Å². The second-order valence-corrected chi connectivity index (χ2v) is 7.70. The number of morpholine rings is 1. The number of nitrogen functional groups attached to an aromatic ring is 1. The number of hydrogen-bond donors (Lipinski definition) is 2. The van der Waals surface area contributed by atoms with Gasteiger partial charge in [0.2, 0.25) is 11.9 Å². The van der Waals surface area contributed by atoms with E-state index in [-0.39, 0.29) is 17.9 Å². The van der Waals surface area contributed by atoms with Gasteiger partial charge in [0, 0.05) is 48.3 Å². The Morgan fingerprint density at radius 2 is 1.89 bits per heavy atom. The van der Waals surface area contributed by atoms with Crippen LogP contribution in [0.5, 0.6) is 0 Å². The molecule has 1 unspecified atom stereocenters. The predicted octanol–water partition coefficient (Wildman–Crippen LogP) is 1.76. The van der Waals surface area contributed by atoms with Crippen LogP contribution in [0.25, 0.3) is 0 Å². The molecule has 0 spiro atoms. The molecule has 1 fully saturated rings. The third-order valence-electron chi connectivity index (χ3n) is 5.47. The van der Waals surface area contributed by atoms with Crippen LogP contribution in [-0.2, 0) is 9.53 Å². The number of rotatable bonds is 3. The zero-order valence-electron chi connectivity index (χ0n) is 16.8. The number of anilines is 3. The van der Waals surface area contributed by atoms with Gasteiger partial charge in [0.15, 0.2) is 0 Å². The molecule has 0 saturated carbocycles. The van der Waals surface area contributed by atoms with E-state index in [0.717, 1.165) is 22.5 Å². The van der Waals surface area contributed by atoms with Crippen molar-refractivity contribution in [3.63, 3.8) is 0 Å². The topological polar surface area (TPSA) is 111 Å². The lowest BCUT2D eigenvalue weighted by Gasteiger charge is -2.30. The van der Waals surface area contributed by atoms with Crippen LogP contribution in [0.2, 0.25) is 0 Å². The maximum atomic E-state index is 12.5. The van der Waals surface area contributed by atoms with Gasteiger partial charge in [0.1, 0.15) is 11.6 Å². The van der Waals surface area contributed by atoms with Gasteiger partial charge in [-0.25, -0.2) is 0 Å². The summed E-state index contributed by atoms with van der Waals surface area (Å²) >= 11 is 0. The number of nitrogens with two attached hydrogens (primary N) is 1. The van der Waals surface area contributed by atoms with Crippen molar-refractivity contribution in [2.45, 2.75) is 46.1 Å². The van der Waals surface area contributed by atoms with E-state index in [1.165, 1.54) is 0 Å². The summed E-state index contributed by atoms with van der Waals surface area (Å²) in [7, 11) is 0. The molecule has 1 amide bonds. The molecule has 4 rings (SSSR count). The third kappa shape index (κ3) is 3.09. The number of aromatic nitrogens is 4. The van der Waals surface area contributed by atoms with Crippen LogP contribution >= 0.6 is 0 Å². The molecule has 9 heteroatoms. The van der Waals surface area contributed by atoms with Crippen molar-refractivity contribution in [1.82, 2.24) is 19.7 Å². The van der Waals surface area contributed by atoms with E-state index in [9.17, 15) is 4.79 Å². The molecule has 28 heavy (non-hydrogen) atoms. The van der Waals surface area contributed by atoms with Gasteiger partial charge in [-0.05, 0) is 27.7 Å². The smallest absolute Gasteiger partial charge is 0.229 e. The summed E-state index contributed by atoms with van der Waals surface area (Å²) < 4.78 is 7.39. The van der Waals surface area contributed by atoms with E-state index in [1.807, 2.05) is 23.4 Å². The summed E-state index contributed by atoms with van der Waals surface area (Å²) in [6.45, 7) is 10.9. The Kier molecular flexibility index (Phi) is 4.70. The first kappa shape index (κ1) is 18.7. The molecule has 150 valence electrons. The average Bonchev–Trinajstić information content (AvgIpc) is 2.95. The highest BCUT2D eigenvalue weighted by atomic mass is 16.5. The van der Waals surface area contributed by atoms with Crippen molar-refractivity contribution in [3.8, 4) is 0 Å². The number of carbonyl (C=O) groups excluding carboxylic acids is 1. The van der Waals surface area contributed by atoms with Gasteiger partial charge in [-0.2, -0.15) is 15.1 Å². The number of nitrogens with one attached hydrogen (secondary N) is 1. The SMILES string of the molecule is Cc1nn(C(C)C)c(C)c1C1CC(=O)Nc2nc(N3CCOCC3)nc(N)c21. The van der Waals surface area contributed by atoms with Crippen molar-refractivity contribution < 1.29 is 9.53 Å². The molecule has 2 aromatic rings. The van der Waals surface area contributed by atoms with Crippen LogP contribution in [0.15, 0.2) is 0 Å². The highest BCUT2D eigenvalue weighted by Gasteiger charge is 2.35. The molecule has 0 bridgehead atoms. The van der Waals surface area contributed by atoms with Crippen molar-refractivity contribution >= 4 is 23.5 Å². The molecule has 1 saturated heterocycles. The molecule has 2 aromatic heterocycles. The summed E-state index contributed by atoms with van der Waals surface area (Å²) in [5.74, 6) is 1.18. The summed E-state index contributed by atoms with van der Waals surface area (Å²) in [5.41, 5.74) is 10.2. The highest BCUT2D eigenvalue weighted by molar-refractivity contribution is 5.95. The van der Waals surface area contributed by atoms with Crippen molar-refractivity contribution in [3.05, 3.63) is 22.5 Å². The molecule has 0 aliphatic carbocycles. The number of amides is 1. The molecule has 0 radical (unpaired) electrons. The third-order valence-corrected chi connectivity index (χ3v) is 5.47. The normalized spacial score (nSPS) is 19.7. The van der Waals surface area contributed by atoms with Crippen molar-refractivity contribution in [2.24, 2.45) is 0 Å². The minimum Gasteiger partial charge on any atom is -0.383 e. The molecular formula is C19H27N7O2. The van der Waals surface area contributed by atoms with E-state index in [2.05, 4.69) is 34.2 Å². The summed E-state index contributed by atoms with van der Waals surface area (Å²) in [6, 6.07) is 0.238. The summed E-state index contributed by atoms with van der Waals surface area (Å²) in [6.07, 6.45) is 0.308. The second kappa shape index (κ2) is 7.05. The minimum absolute atomic E-state index is 0.0698. The second-order valence-electron chi connectivity index (χ2n) is 7.70. The fourth-order valence-electron chi connectivity index (χ4n) is 4.22. The van der Waals surface area contributed by atoms with Gasteiger partial charge in [-0.15, -0.1) is 0 Å². The Bertz CT molecular complexity index is 915. The highest BCUT2D eigenvalue weighted by Crippen LogP contribution is 2.42. The van der Waals surface area contributed by atoms with E-state index >= 15 is 0 Å². The quantitative estimate of drug-likeness (QED) is 0.828. The van der Waals surface area contributed by atoms with Crippen LogP contribution in [0.1, 0.15) is 54.7 Å². The lowest BCUT2D eigenvalue weighted by molar-refractivity contribution is -0.116. The number of carbonyl (C=O) groups is 1. The summed E-state index contributed by atoms with van der Waals surface area (Å²) in [5, 5.41) is 7.58. The first-order chi connectivity index (χ1) is 13.4. The largest absolute Gasteiger partial charge is 0.383 e. The zero-order chi connectivity index (χ0) is 20.0. The molecule has 3 N–H and O–H groups in total. The summed E-state index contributed by atoms with van der Waals surface area (Å²) in [4.78, 5) is 23.7. The van der Waals surface area contributed by atoms with Crippen LogP contribution in [-0.4, -0.2) is 52.0 Å². The fourth-order valence-corrected chi connectivity index (χ4v) is 4.22. The molecule has 9 nitrogen and oxygen atoms in total. The van der Waals surface area contributed by atoms with Crippen LogP contribution in [0.3, 0.4) is 0 Å². The average molecular weight is 385 g/mol. The van der Waals surface area contributed by atoms with Gasteiger partial charge >= 0.3 is 0 Å². The standard InChI is InChI=1S/C19H27N7O2/c1-10(2)26-12(4)15(11(3)24-26)13-9-14(27)21-18-16(13)17(20)22-19(23-18)25-5-7-28-8-6-25/h10,13H,5-9H2,1-4H3,(H3,20,21,22,23,27). The Labute approximate surface area is 164 Å². The number of hydrogen-bond acceptors (Lipinski definition) is 7. The first-order valence-electron chi connectivity index (χ1n) is 9.72. The first-order valence-corrected chi connectivity index (χ1v) is 9.72. The Balaban J connectivity index is 1.80. The molecule has 2 aliphatic heterocycles. The van der Waals surface area contributed by atoms with Gasteiger partial charge in [0.25, 0.3) is 0 Å². The van der Waals surface area contributed by atoms with Crippen LogP contribution in [0.4, 0.5) is 17.6 Å². The molecule has 2 aliphatic rings. The number of nitrogens with zero attached hydrogens (tertiary/aromatic N) is 5. The monoisotopic (exact) mass is 385 g/mol. The maximum absolute atomic E-state index is 12.5. The Morgan fingerprint density at radius 1 is 1.18 bits per heavy atom. The van der Waals surface area contributed by atoms with Crippen LogP contribution < -0.4 is 16.0 Å². The zero-order valence-corrected chi connectivity index (χ0v) is 16.8. The van der Waals surface area contributed by atoms with Gasteiger partial charge in [0.05, 0.1) is 18.9 Å². The predicted molar refractivity (Wildman–Crippen MR) is 107 cm³/mol. The van der Waals surface area contributed by atoms with E-state index in [0.29, 0.717) is 50.3 Å². The lowest BCUT2D eigenvalue weighted by Crippen LogP contribution is -2.38. The molecule has 4 heterocycles. The fraction of sp³-hybridized carbons (Fsp3) is 0.579. The number of aryl methyl sites for hydroxylation is 1. The van der Waals surface area contributed by atoms with Crippen LogP contribution in [0, 0.1) is 13.8 Å². The number of ether oxygens (including phenoxy) is 1. The van der Waals surface area contributed by atoms with E-state index in [4.69, 9.17) is 10.5 Å². The van der Waals surface area contributed by atoms with Gasteiger partial charge in [-0.3, -0.25) is 9.48 Å². The molecular weight excluding hydrogens is 358 g/mol. The Hall–Kier alpha value is -2.68. The van der Waals surface area contributed by atoms with Gasteiger partial charge in [-0.1, -0.05) is 0 Å². The molecule has 0 aromatic carbocycles. The molecule has 1 atom stereocenters. The van der Waals surface area contributed by atoms with Gasteiger partial charge < -0.3 is 20.7 Å². The van der Waals surface area contributed by atoms with E-state index < -0.39 is 0 Å². The van der Waals surface area contributed by atoms with Crippen molar-refractivity contribution in [2.75, 3.05) is 42.3 Å². The Morgan fingerprint density at radius 3 is 2.54 bits per heavy atom. The van der Waals surface area contributed by atoms with Crippen molar-refractivity contribution in [1.29, 1.82) is 0 Å². The maximum Gasteiger partial charge on any atom is 0.229 e. The minimum atomic E-state index is -0.199. The number of fused-ring (bicyclic) bond motifs is 1.